The average molecular weight is 432 g/mol. The third kappa shape index (κ3) is 3.47. The Balaban J connectivity index is 1.34. The van der Waals surface area contributed by atoms with Crippen LogP contribution in [0.1, 0.15) is 21.5 Å². The fraction of sp³-hybridized carbons (Fsp3) is 0.200. The molecule has 2 atom stereocenters. The molecule has 2 aliphatic heterocycles. The highest BCUT2D eigenvalue weighted by molar-refractivity contribution is 8.00. The zero-order chi connectivity index (χ0) is 21.3. The number of carbonyl (C=O) groups excluding carboxylic acids is 2. The molecule has 156 valence electrons. The Morgan fingerprint density at radius 2 is 1.65 bits per heavy atom. The number of β-lactam (4-membered cyclic amide) rings is 1. The Bertz CT molecular complexity index is 1090. The number of ether oxygens (including phenoxy) is 2. The Hall–Kier alpha value is -3.25. The third-order valence-electron chi connectivity index (χ3n) is 5.63. The van der Waals surface area contributed by atoms with Gasteiger partial charge in [-0.3, -0.25) is 4.79 Å². The normalized spacial score (nSPS) is 21.9. The maximum absolute atomic E-state index is 12.7. The predicted octanol–water partition coefficient (Wildman–Crippen LogP) is 4.23. The van der Waals surface area contributed by atoms with E-state index in [9.17, 15) is 9.59 Å². The summed E-state index contributed by atoms with van der Waals surface area (Å²) in [7, 11) is 0. The van der Waals surface area contributed by atoms with Gasteiger partial charge in [-0.1, -0.05) is 60.7 Å². The maximum Gasteiger partial charge on any atom is 0.338 e. The molecule has 3 aromatic rings. The van der Waals surface area contributed by atoms with Crippen molar-refractivity contribution < 1.29 is 19.1 Å². The molecular weight excluding hydrogens is 410 g/mol. The molecule has 6 heteroatoms. The second kappa shape index (κ2) is 8.12. The number of hydrogen-bond acceptors (Lipinski definition) is 5. The number of rotatable bonds is 6. The van der Waals surface area contributed by atoms with Gasteiger partial charge in [0.2, 0.25) is 6.10 Å². The van der Waals surface area contributed by atoms with Crippen molar-refractivity contribution in [2.45, 2.75) is 17.6 Å². The summed E-state index contributed by atoms with van der Waals surface area (Å²) in [5.74, 6) is 1.15. The largest absolute Gasteiger partial charge is 0.477 e. The summed E-state index contributed by atoms with van der Waals surface area (Å²) in [6.45, 7) is 0.926. The number of esters is 1. The number of benzene rings is 3. The van der Waals surface area contributed by atoms with Crippen LogP contribution in [0.3, 0.4) is 0 Å². The monoisotopic (exact) mass is 431 g/mol. The number of thioether (sulfide) groups is 1. The van der Waals surface area contributed by atoms with E-state index < -0.39 is 11.0 Å². The van der Waals surface area contributed by atoms with E-state index in [-0.39, 0.29) is 18.5 Å². The Labute approximate surface area is 185 Å². The number of amides is 1. The molecule has 2 fully saturated rings. The summed E-state index contributed by atoms with van der Waals surface area (Å²) in [5.41, 5.74) is 2.38. The van der Waals surface area contributed by atoms with E-state index in [2.05, 4.69) is 0 Å². The van der Waals surface area contributed by atoms with Crippen molar-refractivity contribution in [1.29, 1.82) is 0 Å². The van der Waals surface area contributed by atoms with E-state index in [1.165, 1.54) is 0 Å². The molecule has 3 aromatic carbocycles. The highest BCUT2D eigenvalue weighted by Gasteiger charge is 2.66. The molecule has 0 saturated carbocycles. The summed E-state index contributed by atoms with van der Waals surface area (Å²) in [6.07, 6.45) is -0.585. The van der Waals surface area contributed by atoms with E-state index in [0.29, 0.717) is 17.9 Å². The summed E-state index contributed by atoms with van der Waals surface area (Å²) in [5, 5.41) is 0. The van der Waals surface area contributed by atoms with Crippen molar-refractivity contribution >= 4 is 23.6 Å². The van der Waals surface area contributed by atoms with E-state index >= 15 is 0 Å². The topological polar surface area (TPSA) is 55.8 Å². The van der Waals surface area contributed by atoms with Crippen LogP contribution >= 0.6 is 11.8 Å². The lowest BCUT2D eigenvalue weighted by atomic mass is 9.89. The third-order valence-corrected chi connectivity index (χ3v) is 7.12. The van der Waals surface area contributed by atoms with Crippen LogP contribution < -0.4 is 4.74 Å². The second-order valence-corrected chi connectivity index (χ2v) is 8.80. The highest BCUT2D eigenvalue weighted by Crippen LogP contribution is 2.55. The van der Waals surface area contributed by atoms with Gasteiger partial charge in [0.25, 0.3) is 5.91 Å². The molecule has 5 nitrogen and oxygen atoms in total. The van der Waals surface area contributed by atoms with Crippen LogP contribution in [0.5, 0.6) is 5.75 Å². The van der Waals surface area contributed by atoms with E-state index in [4.69, 9.17) is 9.47 Å². The van der Waals surface area contributed by atoms with Gasteiger partial charge >= 0.3 is 5.97 Å². The molecule has 1 amide bonds. The van der Waals surface area contributed by atoms with Gasteiger partial charge in [-0.05, 0) is 35.4 Å². The van der Waals surface area contributed by atoms with Crippen molar-refractivity contribution in [1.82, 2.24) is 4.90 Å². The Kier molecular flexibility index (Phi) is 5.16. The van der Waals surface area contributed by atoms with Crippen molar-refractivity contribution in [3.05, 3.63) is 102 Å². The number of carbonyl (C=O) groups is 2. The first-order valence-electron chi connectivity index (χ1n) is 10.2. The molecule has 0 aliphatic carbocycles. The van der Waals surface area contributed by atoms with Crippen molar-refractivity contribution in [3.63, 3.8) is 0 Å². The Morgan fingerprint density at radius 1 is 0.968 bits per heavy atom. The smallest absolute Gasteiger partial charge is 0.338 e. The molecule has 0 radical (unpaired) electrons. The molecule has 0 spiro atoms. The van der Waals surface area contributed by atoms with Crippen LogP contribution in [0.4, 0.5) is 0 Å². The van der Waals surface area contributed by atoms with Gasteiger partial charge in [0.15, 0.2) is 4.87 Å². The molecule has 2 aliphatic rings. The first-order chi connectivity index (χ1) is 15.2. The lowest BCUT2D eigenvalue weighted by molar-refractivity contribution is -0.166. The van der Waals surface area contributed by atoms with Crippen LogP contribution in [-0.2, 0) is 21.0 Å². The van der Waals surface area contributed by atoms with Gasteiger partial charge in [0.1, 0.15) is 12.4 Å². The van der Waals surface area contributed by atoms with E-state index in [1.807, 2.05) is 77.7 Å². The van der Waals surface area contributed by atoms with E-state index in [1.54, 1.807) is 23.9 Å². The van der Waals surface area contributed by atoms with Crippen molar-refractivity contribution in [2.24, 2.45) is 0 Å². The van der Waals surface area contributed by atoms with Crippen LogP contribution in [0.15, 0.2) is 84.9 Å². The molecular formula is C25H21NO4S. The van der Waals surface area contributed by atoms with Gasteiger partial charge in [0, 0.05) is 12.3 Å². The van der Waals surface area contributed by atoms with Gasteiger partial charge < -0.3 is 14.4 Å². The van der Waals surface area contributed by atoms with Crippen LogP contribution in [-0.4, -0.2) is 35.2 Å². The Morgan fingerprint density at radius 3 is 2.35 bits per heavy atom. The number of para-hydroxylation sites is 1. The first-order valence-corrected chi connectivity index (χ1v) is 11.2. The molecule has 0 unspecified atom stereocenters. The van der Waals surface area contributed by atoms with E-state index in [0.717, 1.165) is 16.9 Å². The maximum atomic E-state index is 12.7. The first kappa shape index (κ1) is 19.7. The molecule has 0 N–H and O–H groups in total. The summed E-state index contributed by atoms with van der Waals surface area (Å²) >= 11 is 1.71. The van der Waals surface area contributed by atoms with Crippen molar-refractivity contribution in [2.75, 3.05) is 12.3 Å². The zero-order valence-corrected chi connectivity index (χ0v) is 17.6. The number of hydrogen-bond donors (Lipinski definition) is 0. The fourth-order valence-corrected chi connectivity index (χ4v) is 5.60. The lowest BCUT2D eigenvalue weighted by Gasteiger charge is -2.52. The van der Waals surface area contributed by atoms with Crippen LogP contribution in [0.25, 0.3) is 0 Å². The van der Waals surface area contributed by atoms with Gasteiger partial charge in [-0.15, -0.1) is 11.8 Å². The minimum atomic E-state index is -0.585. The summed E-state index contributed by atoms with van der Waals surface area (Å²) in [6, 6.07) is 26.3. The van der Waals surface area contributed by atoms with Gasteiger partial charge in [-0.25, -0.2) is 4.79 Å². The fourth-order valence-electron chi connectivity index (χ4n) is 4.08. The number of nitrogens with zero attached hydrogens (tertiary/aromatic N) is 1. The van der Waals surface area contributed by atoms with Gasteiger partial charge in [0.05, 0.1) is 5.56 Å². The zero-order valence-electron chi connectivity index (χ0n) is 16.8. The molecule has 0 aromatic heterocycles. The van der Waals surface area contributed by atoms with Crippen LogP contribution in [0, 0.1) is 0 Å². The lowest BCUT2D eigenvalue weighted by Crippen LogP contribution is -2.70. The standard InChI is InChI=1S/C25H21NO4S/c27-23-22(30-21-9-5-2-6-10-21)25(26(23)15-16-31-25)20-13-11-19(12-14-20)24(28)29-17-18-7-3-1-4-8-18/h1-14,22H,15-17H2/t22-,25+/m1/s1. The molecule has 2 heterocycles. The summed E-state index contributed by atoms with van der Waals surface area (Å²) < 4.78 is 11.5. The quantitative estimate of drug-likeness (QED) is 0.432. The predicted molar refractivity (Wildman–Crippen MR) is 119 cm³/mol. The highest BCUT2D eigenvalue weighted by atomic mass is 32.2. The molecule has 2 saturated heterocycles. The molecule has 31 heavy (non-hydrogen) atoms. The minimum absolute atomic E-state index is 0.000186. The van der Waals surface area contributed by atoms with Crippen LogP contribution in [0.2, 0.25) is 0 Å². The summed E-state index contributed by atoms with van der Waals surface area (Å²) in [4.78, 5) is 26.5. The average Bonchev–Trinajstić information content (AvgIpc) is 3.23. The van der Waals surface area contributed by atoms with Gasteiger partial charge in [-0.2, -0.15) is 0 Å². The molecule has 5 rings (SSSR count). The van der Waals surface area contributed by atoms with Crippen molar-refractivity contribution in [3.8, 4) is 5.75 Å². The minimum Gasteiger partial charge on any atom is -0.477 e. The second-order valence-electron chi connectivity index (χ2n) is 7.48. The SMILES string of the molecule is O=C(OCc1ccccc1)c1ccc([C@@]23SCCN2C(=O)[C@H]3Oc2ccccc2)cc1. The molecule has 0 bridgehead atoms. The number of fused-ring (bicyclic) bond motifs is 1.